The van der Waals surface area contributed by atoms with Crippen LogP contribution >= 0.6 is 0 Å². The highest BCUT2D eigenvalue weighted by Gasteiger charge is 2.49. The number of nitro groups is 1. The lowest BCUT2D eigenvalue weighted by atomic mass is 10.2. The lowest BCUT2D eigenvalue weighted by Gasteiger charge is -2.15. The second-order valence-corrected chi connectivity index (χ2v) is 3.66. The Bertz CT molecular complexity index is 519. The Hall–Kier alpha value is -2.19. The van der Waals surface area contributed by atoms with E-state index in [2.05, 4.69) is 0 Å². The monoisotopic (exact) mass is 280 g/mol. The molecule has 0 aliphatic carbocycles. The van der Waals surface area contributed by atoms with Gasteiger partial charge in [0, 0.05) is 6.07 Å². The highest BCUT2D eigenvalue weighted by Crippen LogP contribution is 2.29. The van der Waals surface area contributed by atoms with E-state index in [0.717, 1.165) is 12.1 Å². The highest BCUT2D eigenvalue weighted by molar-refractivity contribution is 5.98. The van der Waals surface area contributed by atoms with E-state index in [0.29, 0.717) is 5.56 Å². The summed E-state index contributed by atoms with van der Waals surface area (Å²) in [5.41, 5.74) is -0.791. The van der Waals surface area contributed by atoms with Crippen LogP contribution < -0.4 is 5.32 Å². The van der Waals surface area contributed by atoms with Crippen LogP contribution in [0.3, 0.4) is 0 Å². The lowest BCUT2D eigenvalue weighted by molar-refractivity contribution is -0.384. The Morgan fingerprint density at radius 3 is 2.47 bits per heavy atom. The summed E-state index contributed by atoms with van der Waals surface area (Å²) in [6.45, 7) is 1.49. The predicted octanol–water partition coefficient (Wildman–Crippen LogP) is 2.74. The first-order chi connectivity index (χ1) is 8.66. The van der Waals surface area contributed by atoms with Gasteiger partial charge in [0.1, 0.15) is 5.69 Å². The summed E-state index contributed by atoms with van der Waals surface area (Å²) < 4.78 is 49.4. The molecule has 0 aliphatic rings. The van der Waals surface area contributed by atoms with Crippen LogP contribution in [0.25, 0.3) is 0 Å². The lowest BCUT2D eigenvalue weighted by Crippen LogP contribution is -2.41. The molecule has 0 unspecified atom stereocenters. The molecule has 0 spiro atoms. The molecule has 0 heterocycles. The molecular formula is C10H8F4N2O3. The number of carbonyl (C=O) groups excluding carboxylic acids is 1. The van der Waals surface area contributed by atoms with Crippen molar-refractivity contribution in [1.29, 1.82) is 0 Å². The van der Waals surface area contributed by atoms with Crippen molar-refractivity contribution >= 4 is 17.3 Å². The number of rotatable bonds is 4. The van der Waals surface area contributed by atoms with Gasteiger partial charge >= 0.3 is 18.3 Å². The molecule has 1 aromatic rings. The largest absolute Gasteiger partial charge is 0.383 e. The van der Waals surface area contributed by atoms with Crippen molar-refractivity contribution in [3.05, 3.63) is 33.9 Å². The number of benzene rings is 1. The van der Waals surface area contributed by atoms with E-state index < -0.39 is 34.6 Å². The number of nitrogens with one attached hydrogen (secondary N) is 1. The molecule has 0 fully saturated rings. The molecule has 1 aromatic carbocycles. The van der Waals surface area contributed by atoms with E-state index in [1.54, 1.807) is 0 Å². The molecule has 19 heavy (non-hydrogen) atoms. The first-order valence-electron chi connectivity index (χ1n) is 4.88. The summed E-state index contributed by atoms with van der Waals surface area (Å²) in [7, 11) is 0. The first kappa shape index (κ1) is 14.9. The van der Waals surface area contributed by atoms with E-state index in [9.17, 15) is 32.5 Å². The van der Waals surface area contributed by atoms with E-state index in [4.69, 9.17) is 0 Å². The Kier molecular flexibility index (Phi) is 4.07. The van der Waals surface area contributed by atoms with Crippen LogP contribution in [0, 0.1) is 17.0 Å². The molecular weight excluding hydrogens is 272 g/mol. The standard InChI is InChI=1S/C10H8F4N2O3/c1-5-2-3-7(16(18)19)6(4-5)15-9(17)10(13,14)8(11)12/h2-4,8H,1H3,(H,15,17). The molecule has 9 heteroatoms. The van der Waals surface area contributed by atoms with Crippen molar-refractivity contribution in [2.24, 2.45) is 0 Å². The van der Waals surface area contributed by atoms with Crippen molar-refractivity contribution < 1.29 is 27.3 Å². The Morgan fingerprint density at radius 2 is 2.00 bits per heavy atom. The van der Waals surface area contributed by atoms with Crippen molar-refractivity contribution in [2.45, 2.75) is 19.3 Å². The van der Waals surface area contributed by atoms with Crippen LogP contribution in [0.4, 0.5) is 28.9 Å². The van der Waals surface area contributed by atoms with Crippen molar-refractivity contribution in [2.75, 3.05) is 5.32 Å². The molecule has 0 aliphatic heterocycles. The van der Waals surface area contributed by atoms with Gasteiger partial charge in [-0.05, 0) is 18.6 Å². The zero-order chi connectivity index (χ0) is 14.8. The average molecular weight is 280 g/mol. The molecule has 0 saturated carbocycles. The van der Waals surface area contributed by atoms with Crippen LogP contribution in [0.5, 0.6) is 0 Å². The average Bonchev–Trinajstić information content (AvgIpc) is 2.28. The predicted molar refractivity (Wildman–Crippen MR) is 57.4 cm³/mol. The van der Waals surface area contributed by atoms with Gasteiger partial charge in [-0.15, -0.1) is 0 Å². The number of nitrogens with zero attached hydrogens (tertiary/aromatic N) is 1. The topological polar surface area (TPSA) is 72.2 Å². The number of hydrogen-bond acceptors (Lipinski definition) is 3. The minimum atomic E-state index is -4.92. The van der Waals surface area contributed by atoms with Crippen molar-refractivity contribution in [3.63, 3.8) is 0 Å². The smallest absolute Gasteiger partial charge is 0.315 e. The maximum atomic E-state index is 12.7. The van der Waals surface area contributed by atoms with Crippen LogP contribution in [0.1, 0.15) is 5.56 Å². The Labute approximate surface area is 104 Å². The SMILES string of the molecule is Cc1ccc([N+](=O)[O-])c(NC(=O)C(F)(F)C(F)F)c1. The van der Waals surface area contributed by atoms with Crippen molar-refractivity contribution in [3.8, 4) is 0 Å². The van der Waals surface area contributed by atoms with Crippen LogP contribution in [-0.4, -0.2) is 23.2 Å². The summed E-state index contributed by atoms with van der Waals surface area (Å²) in [6, 6.07) is 3.34. The zero-order valence-electron chi connectivity index (χ0n) is 9.49. The normalized spacial score (nSPS) is 11.5. The molecule has 0 radical (unpaired) electrons. The molecule has 0 saturated heterocycles. The van der Waals surface area contributed by atoms with E-state index >= 15 is 0 Å². The molecule has 1 N–H and O–H groups in total. The van der Waals surface area contributed by atoms with Gasteiger partial charge < -0.3 is 5.32 Å². The maximum Gasteiger partial charge on any atom is 0.383 e. The molecule has 0 bridgehead atoms. The number of aryl methyl sites for hydroxylation is 1. The molecule has 5 nitrogen and oxygen atoms in total. The third kappa shape index (κ3) is 3.18. The number of anilines is 1. The van der Waals surface area contributed by atoms with E-state index in [1.165, 1.54) is 18.3 Å². The number of amides is 1. The van der Waals surface area contributed by atoms with Gasteiger partial charge in [-0.25, -0.2) is 8.78 Å². The molecule has 0 atom stereocenters. The fourth-order valence-electron chi connectivity index (χ4n) is 1.21. The van der Waals surface area contributed by atoms with Gasteiger partial charge in [0.2, 0.25) is 0 Å². The number of nitro benzene ring substituents is 1. The third-order valence-electron chi connectivity index (χ3n) is 2.17. The highest BCUT2D eigenvalue weighted by atomic mass is 19.3. The summed E-state index contributed by atoms with van der Waals surface area (Å²) in [6.07, 6.45) is -4.20. The van der Waals surface area contributed by atoms with Gasteiger partial charge in [0.15, 0.2) is 0 Å². The van der Waals surface area contributed by atoms with Crippen LogP contribution in [-0.2, 0) is 4.79 Å². The fraction of sp³-hybridized carbons (Fsp3) is 0.300. The molecule has 0 aromatic heterocycles. The number of carbonyl (C=O) groups is 1. The van der Waals surface area contributed by atoms with Gasteiger partial charge in [0.25, 0.3) is 5.69 Å². The van der Waals surface area contributed by atoms with Crippen molar-refractivity contribution in [1.82, 2.24) is 0 Å². The maximum absolute atomic E-state index is 12.7. The van der Waals surface area contributed by atoms with Gasteiger partial charge in [0.05, 0.1) is 4.92 Å². The van der Waals surface area contributed by atoms with E-state index in [-0.39, 0.29) is 0 Å². The summed E-state index contributed by atoms with van der Waals surface area (Å²) in [5, 5.41) is 12.1. The Morgan fingerprint density at radius 1 is 1.42 bits per heavy atom. The summed E-state index contributed by atoms with van der Waals surface area (Å²) in [4.78, 5) is 20.7. The molecule has 1 rings (SSSR count). The van der Waals surface area contributed by atoms with Gasteiger partial charge in [-0.1, -0.05) is 6.07 Å². The quantitative estimate of drug-likeness (QED) is 0.523. The zero-order valence-corrected chi connectivity index (χ0v) is 9.49. The second-order valence-electron chi connectivity index (χ2n) is 3.66. The summed E-state index contributed by atoms with van der Waals surface area (Å²) >= 11 is 0. The third-order valence-corrected chi connectivity index (χ3v) is 2.17. The van der Waals surface area contributed by atoms with Gasteiger partial charge in [-0.3, -0.25) is 14.9 Å². The van der Waals surface area contributed by atoms with Gasteiger partial charge in [-0.2, -0.15) is 8.78 Å². The first-order valence-corrected chi connectivity index (χ1v) is 4.88. The van der Waals surface area contributed by atoms with E-state index in [1.807, 2.05) is 0 Å². The molecule has 1 amide bonds. The number of alkyl halides is 4. The second kappa shape index (κ2) is 5.21. The fourth-order valence-corrected chi connectivity index (χ4v) is 1.21. The number of hydrogen-bond donors (Lipinski definition) is 1. The minimum absolute atomic E-state index is 0.432. The minimum Gasteiger partial charge on any atom is -0.315 e. The summed E-state index contributed by atoms with van der Waals surface area (Å²) in [5.74, 6) is -7.21. The number of halogens is 4. The Balaban J connectivity index is 3.09. The van der Waals surface area contributed by atoms with Crippen LogP contribution in [0.2, 0.25) is 0 Å². The molecule has 104 valence electrons. The van der Waals surface area contributed by atoms with Crippen LogP contribution in [0.15, 0.2) is 18.2 Å².